The molecule has 1 amide bonds. The number of carbonyl (C=O) groups excluding carboxylic acids is 2. The van der Waals surface area contributed by atoms with Crippen LogP contribution in [0.15, 0.2) is 54.6 Å². The fraction of sp³-hybridized carbons (Fsp3) is 0.231. The Kier molecular flexibility index (Phi) is 8.69. The topological polar surface area (TPSA) is 64.6 Å². The summed E-state index contributed by atoms with van der Waals surface area (Å²) in [7, 11) is 1.32. The summed E-state index contributed by atoms with van der Waals surface area (Å²) in [4.78, 5) is 26.2. The molecule has 33 heavy (non-hydrogen) atoms. The molecule has 0 aliphatic rings. The second-order valence-electron chi connectivity index (χ2n) is 7.30. The Labute approximate surface area is 203 Å². The number of nitrogens with one attached hydrogen (secondary N) is 1. The lowest BCUT2D eigenvalue weighted by Gasteiger charge is -2.09. The van der Waals surface area contributed by atoms with Gasteiger partial charge in [0.05, 0.1) is 13.7 Å². The van der Waals surface area contributed by atoms with Crippen molar-refractivity contribution in [3.63, 3.8) is 0 Å². The number of benzene rings is 2. The van der Waals surface area contributed by atoms with Gasteiger partial charge in [0, 0.05) is 27.1 Å². The van der Waals surface area contributed by atoms with Crippen LogP contribution in [0, 0.1) is 6.92 Å². The van der Waals surface area contributed by atoms with Gasteiger partial charge in [-0.3, -0.25) is 4.79 Å². The van der Waals surface area contributed by atoms with E-state index >= 15 is 0 Å². The Morgan fingerprint density at radius 1 is 1.15 bits per heavy atom. The van der Waals surface area contributed by atoms with E-state index < -0.39 is 5.97 Å². The molecule has 7 heteroatoms. The van der Waals surface area contributed by atoms with Crippen LogP contribution in [0.4, 0.5) is 5.00 Å². The zero-order valence-electron chi connectivity index (χ0n) is 18.8. The first-order valence-electron chi connectivity index (χ1n) is 10.6. The van der Waals surface area contributed by atoms with Gasteiger partial charge in [-0.1, -0.05) is 55.3 Å². The van der Waals surface area contributed by atoms with Gasteiger partial charge in [0.2, 0.25) is 5.91 Å². The summed E-state index contributed by atoms with van der Waals surface area (Å²) < 4.78 is 10.8. The molecule has 2 aromatic carbocycles. The molecule has 0 radical (unpaired) electrons. The molecule has 3 aromatic rings. The molecule has 1 heterocycles. The normalized spacial score (nSPS) is 10.9. The highest BCUT2D eigenvalue weighted by molar-refractivity contribution is 7.17. The molecule has 5 nitrogen and oxygen atoms in total. The molecule has 0 saturated heterocycles. The lowest BCUT2D eigenvalue weighted by Crippen LogP contribution is -2.11. The highest BCUT2D eigenvalue weighted by Crippen LogP contribution is 2.41. The summed E-state index contributed by atoms with van der Waals surface area (Å²) >= 11 is 7.47. The van der Waals surface area contributed by atoms with Gasteiger partial charge in [-0.05, 0) is 43.2 Å². The zero-order chi connectivity index (χ0) is 23.8. The second-order valence-corrected chi connectivity index (χ2v) is 8.96. The number of halogens is 1. The predicted molar refractivity (Wildman–Crippen MR) is 135 cm³/mol. The minimum atomic E-state index is -0.525. The molecule has 1 aromatic heterocycles. The predicted octanol–water partition coefficient (Wildman–Crippen LogP) is 6.99. The van der Waals surface area contributed by atoms with Crippen LogP contribution in [0.5, 0.6) is 5.75 Å². The Hall–Kier alpha value is -3.09. The first kappa shape index (κ1) is 24.6. The number of aryl methyl sites for hydroxylation is 1. The van der Waals surface area contributed by atoms with Gasteiger partial charge in [-0.25, -0.2) is 4.79 Å². The van der Waals surface area contributed by atoms with E-state index in [1.165, 1.54) is 24.5 Å². The van der Waals surface area contributed by atoms with Crippen LogP contribution < -0.4 is 10.1 Å². The first-order valence-corrected chi connectivity index (χ1v) is 11.8. The maximum Gasteiger partial charge on any atom is 0.341 e. The smallest absolute Gasteiger partial charge is 0.341 e. The number of anilines is 1. The van der Waals surface area contributed by atoms with Crippen molar-refractivity contribution < 1.29 is 19.1 Å². The summed E-state index contributed by atoms with van der Waals surface area (Å²) in [5.41, 5.74) is 2.60. The van der Waals surface area contributed by atoms with Crippen molar-refractivity contribution in [1.82, 2.24) is 0 Å². The van der Waals surface area contributed by atoms with Crippen LogP contribution in [0.25, 0.3) is 17.2 Å². The van der Waals surface area contributed by atoms with Crippen molar-refractivity contribution in [3.8, 4) is 16.9 Å². The van der Waals surface area contributed by atoms with E-state index in [0.29, 0.717) is 27.8 Å². The monoisotopic (exact) mass is 483 g/mol. The van der Waals surface area contributed by atoms with E-state index in [1.807, 2.05) is 43.3 Å². The summed E-state index contributed by atoms with van der Waals surface area (Å²) in [5.74, 6) is -0.161. The van der Waals surface area contributed by atoms with E-state index in [4.69, 9.17) is 21.1 Å². The molecular weight excluding hydrogens is 458 g/mol. The zero-order valence-corrected chi connectivity index (χ0v) is 20.4. The Morgan fingerprint density at radius 2 is 1.94 bits per heavy atom. The van der Waals surface area contributed by atoms with Crippen LogP contribution in [0.3, 0.4) is 0 Å². The van der Waals surface area contributed by atoms with Gasteiger partial charge in [0.15, 0.2) is 0 Å². The SMILES string of the molecule is CCCCOc1ccccc1/C=C/C(=O)Nc1sc(C)c(-c2cccc(Cl)c2)c1C(=O)OC. The van der Waals surface area contributed by atoms with Crippen molar-refractivity contribution in [3.05, 3.63) is 75.6 Å². The number of carbonyl (C=O) groups is 2. The molecule has 0 aliphatic carbocycles. The highest BCUT2D eigenvalue weighted by Gasteiger charge is 2.25. The van der Waals surface area contributed by atoms with Gasteiger partial charge >= 0.3 is 5.97 Å². The van der Waals surface area contributed by atoms with E-state index in [0.717, 1.165) is 34.6 Å². The summed E-state index contributed by atoms with van der Waals surface area (Å²) in [5, 5.41) is 3.82. The van der Waals surface area contributed by atoms with Crippen molar-refractivity contribution >= 4 is 45.9 Å². The number of ether oxygens (including phenoxy) is 2. The van der Waals surface area contributed by atoms with Crippen molar-refractivity contribution in [2.45, 2.75) is 26.7 Å². The number of para-hydroxylation sites is 1. The minimum absolute atomic E-state index is 0.312. The standard InChI is InChI=1S/C26H26ClNO4S/c1-4-5-15-32-21-12-7-6-9-18(21)13-14-22(29)28-25-24(26(30)31-3)23(17(2)33-25)19-10-8-11-20(27)16-19/h6-14,16H,4-5,15H2,1-3H3,(H,28,29)/b14-13+. The van der Waals surface area contributed by atoms with E-state index in [1.54, 1.807) is 18.2 Å². The van der Waals surface area contributed by atoms with Gasteiger partial charge in [0.25, 0.3) is 0 Å². The third-order valence-electron chi connectivity index (χ3n) is 4.91. The van der Waals surface area contributed by atoms with Gasteiger partial charge in [0.1, 0.15) is 16.3 Å². The molecule has 0 fully saturated rings. The lowest BCUT2D eigenvalue weighted by atomic mass is 10.0. The quantitative estimate of drug-likeness (QED) is 0.202. The molecule has 0 atom stereocenters. The Balaban J connectivity index is 1.86. The van der Waals surface area contributed by atoms with Crippen LogP contribution in [0.2, 0.25) is 5.02 Å². The van der Waals surface area contributed by atoms with E-state index in [-0.39, 0.29) is 5.91 Å². The maximum atomic E-state index is 12.7. The number of methoxy groups -OCH3 is 1. The van der Waals surface area contributed by atoms with E-state index in [2.05, 4.69) is 12.2 Å². The van der Waals surface area contributed by atoms with Crippen LogP contribution in [-0.2, 0) is 9.53 Å². The van der Waals surface area contributed by atoms with Crippen molar-refractivity contribution in [1.29, 1.82) is 0 Å². The van der Waals surface area contributed by atoms with Crippen molar-refractivity contribution in [2.75, 3.05) is 19.0 Å². The minimum Gasteiger partial charge on any atom is -0.493 e. The van der Waals surface area contributed by atoms with Crippen LogP contribution in [0.1, 0.15) is 40.6 Å². The average Bonchev–Trinajstić information content (AvgIpc) is 3.13. The second kappa shape index (κ2) is 11.7. The van der Waals surface area contributed by atoms with Gasteiger partial charge in [-0.15, -0.1) is 11.3 Å². The highest BCUT2D eigenvalue weighted by atomic mass is 35.5. The number of hydrogen-bond donors (Lipinski definition) is 1. The lowest BCUT2D eigenvalue weighted by molar-refractivity contribution is -0.111. The fourth-order valence-corrected chi connectivity index (χ4v) is 4.57. The largest absolute Gasteiger partial charge is 0.493 e. The summed E-state index contributed by atoms with van der Waals surface area (Å²) in [6, 6.07) is 14.8. The number of esters is 1. The molecule has 0 aliphatic heterocycles. The molecule has 1 N–H and O–H groups in total. The molecule has 172 valence electrons. The fourth-order valence-electron chi connectivity index (χ4n) is 3.32. The third-order valence-corrected chi connectivity index (χ3v) is 6.17. The summed E-state index contributed by atoms with van der Waals surface area (Å²) in [6.07, 6.45) is 5.13. The third kappa shape index (κ3) is 6.24. The van der Waals surface area contributed by atoms with Gasteiger partial charge in [-0.2, -0.15) is 0 Å². The van der Waals surface area contributed by atoms with E-state index in [9.17, 15) is 9.59 Å². The number of rotatable bonds is 9. The van der Waals surface area contributed by atoms with Crippen LogP contribution in [-0.4, -0.2) is 25.6 Å². The first-order chi connectivity index (χ1) is 15.9. The Bertz CT molecular complexity index is 1170. The summed E-state index contributed by atoms with van der Waals surface area (Å²) in [6.45, 7) is 4.62. The molecule has 0 bridgehead atoms. The molecule has 0 spiro atoms. The van der Waals surface area contributed by atoms with Crippen molar-refractivity contribution in [2.24, 2.45) is 0 Å². The molecule has 3 rings (SSSR count). The number of hydrogen-bond acceptors (Lipinski definition) is 5. The number of unbranched alkanes of at least 4 members (excludes halogenated alkanes) is 1. The number of thiophene rings is 1. The van der Waals surface area contributed by atoms with Gasteiger partial charge < -0.3 is 14.8 Å². The molecule has 0 saturated carbocycles. The number of amides is 1. The molecule has 0 unspecified atom stereocenters. The molecular formula is C26H26ClNO4S. The van der Waals surface area contributed by atoms with Crippen LogP contribution >= 0.6 is 22.9 Å². The maximum absolute atomic E-state index is 12.7. The Morgan fingerprint density at radius 3 is 2.67 bits per heavy atom. The average molecular weight is 484 g/mol.